The maximum atomic E-state index is 14.6. The van der Waals surface area contributed by atoms with E-state index in [1.807, 2.05) is 40.0 Å². The summed E-state index contributed by atoms with van der Waals surface area (Å²) in [6, 6.07) is 4.49. The van der Waals surface area contributed by atoms with Crippen molar-refractivity contribution in [3.8, 4) is 0 Å². The van der Waals surface area contributed by atoms with Gasteiger partial charge in [-0.05, 0) is 46.8 Å². The highest BCUT2D eigenvalue weighted by Gasteiger charge is 2.28. The van der Waals surface area contributed by atoms with Crippen LogP contribution in [-0.4, -0.2) is 79.6 Å². The van der Waals surface area contributed by atoms with Crippen molar-refractivity contribution >= 4 is 39.9 Å². The van der Waals surface area contributed by atoms with Gasteiger partial charge in [0.05, 0.1) is 29.6 Å². The minimum Gasteiger partial charge on any atom is -0.444 e. The van der Waals surface area contributed by atoms with E-state index in [1.54, 1.807) is 35.0 Å². The van der Waals surface area contributed by atoms with E-state index in [9.17, 15) is 19.1 Å². The van der Waals surface area contributed by atoms with Crippen LogP contribution in [0.15, 0.2) is 36.8 Å². The van der Waals surface area contributed by atoms with Crippen LogP contribution in [0.1, 0.15) is 49.8 Å². The van der Waals surface area contributed by atoms with Gasteiger partial charge in [-0.15, -0.1) is 0 Å². The number of pyridine rings is 1. The lowest BCUT2D eigenvalue weighted by atomic mass is 10.1. The number of amides is 2. The van der Waals surface area contributed by atoms with Crippen LogP contribution in [-0.2, 0) is 4.74 Å². The molecule has 5 rings (SSSR count). The normalized spacial score (nSPS) is 15.1. The van der Waals surface area contributed by atoms with Crippen LogP contribution in [0.3, 0.4) is 0 Å². The Hall–Kier alpha value is -4.19. The van der Waals surface area contributed by atoms with E-state index in [1.165, 1.54) is 10.5 Å². The second kappa shape index (κ2) is 10.4. The lowest BCUT2D eigenvalue weighted by molar-refractivity contribution is 0.0240. The third kappa shape index (κ3) is 5.44. The first-order valence-corrected chi connectivity index (χ1v) is 13.3. The van der Waals surface area contributed by atoms with Crippen molar-refractivity contribution in [1.82, 2.24) is 24.1 Å². The molecule has 1 fully saturated rings. The molecule has 40 heavy (non-hydrogen) atoms. The van der Waals surface area contributed by atoms with Gasteiger partial charge in [0.25, 0.3) is 5.91 Å². The number of halogens is 1. The number of rotatable bonds is 5. The van der Waals surface area contributed by atoms with Gasteiger partial charge in [-0.1, -0.05) is 0 Å². The van der Waals surface area contributed by atoms with Gasteiger partial charge in [-0.25, -0.2) is 14.2 Å². The Morgan fingerprint density at radius 3 is 2.55 bits per heavy atom. The molecule has 1 aliphatic rings. The molecule has 0 saturated carbocycles. The summed E-state index contributed by atoms with van der Waals surface area (Å²) in [7, 11) is 0. The Balaban J connectivity index is 1.43. The maximum absolute atomic E-state index is 14.6. The van der Waals surface area contributed by atoms with Crippen molar-refractivity contribution in [3.05, 3.63) is 53.9 Å². The monoisotopic (exact) mass is 551 g/mol. The average molecular weight is 552 g/mol. The number of aryl methyl sites for hydroxylation is 1. The van der Waals surface area contributed by atoms with Crippen LogP contribution in [0.5, 0.6) is 0 Å². The molecule has 0 spiro atoms. The number of carbonyl (C=O) groups excluding carboxylic acids is 2. The molecule has 0 radical (unpaired) electrons. The number of ether oxygens (including phenoxy) is 1. The zero-order valence-corrected chi connectivity index (χ0v) is 23.3. The molecule has 3 aromatic heterocycles. The zero-order valence-electron chi connectivity index (χ0n) is 23.3. The fourth-order valence-corrected chi connectivity index (χ4v) is 4.78. The van der Waals surface area contributed by atoms with E-state index in [0.29, 0.717) is 43.0 Å². The van der Waals surface area contributed by atoms with Gasteiger partial charge in [0.15, 0.2) is 11.5 Å². The molecule has 212 valence electrons. The number of imidazole rings is 1. The van der Waals surface area contributed by atoms with Crippen LogP contribution < -0.4 is 10.2 Å². The largest absolute Gasteiger partial charge is 0.444 e. The van der Waals surface area contributed by atoms with E-state index < -0.39 is 17.3 Å². The van der Waals surface area contributed by atoms with E-state index >= 15 is 0 Å². The van der Waals surface area contributed by atoms with E-state index in [2.05, 4.69) is 20.3 Å². The first-order valence-electron chi connectivity index (χ1n) is 13.3. The number of piperazine rings is 1. The molecule has 11 nitrogen and oxygen atoms in total. The summed E-state index contributed by atoms with van der Waals surface area (Å²) in [5, 5.41) is 17.9. The first-order chi connectivity index (χ1) is 18.9. The zero-order chi connectivity index (χ0) is 28.8. The molecule has 1 unspecified atom stereocenters. The summed E-state index contributed by atoms with van der Waals surface area (Å²) in [5.41, 5.74) is 2.21. The topological polar surface area (TPSA) is 117 Å². The van der Waals surface area contributed by atoms with Gasteiger partial charge in [0.1, 0.15) is 11.1 Å². The van der Waals surface area contributed by atoms with E-state index in [0.717, 1.165) is 11.1 Å². The van der Waals surface area contributed by atoms with Crippen LogP contribution in [0.4, 0.5) is 20.6 Å². The number of aromatic nitrogens is 4. The van der Waals surface area contributed by atoms with Crippen molar-refractivity contribution in [3.63, 3.8) is 0 Å². The van der Waals surface area contributed by atoms with Crippen LogP contribution >= 0.6 is 0 Å². The number of benzene rings is 1. The summed E-state index contributed by atoms with van der Waals surface area (Å²) >= 11 is 0. The number of aliphatic hydroxyl groups excluding tert-OH is 1. The Morgan fingerprint density at radius 2 is 1.88 bits per heavy atom. The molecule has 12 heteroatoms. The molecular formula is C28H34FN7O4. The number of hydrogen-bond acceptors (Lipinski definition) is 7. The Kier molecular flexibility index (Phi) is 7.13. The molecule has 1 aromatic carbocycles. The van der Waals surface area contributed by atoms with Crippen LogP contribution in [0, 0.1) is 12.7 Å². The second-order valence-electron chi connectivity index (χ2n) is 11.1. The summed E-state index contributed by atoms with van der Waals surface area (Å²) in [4.78, 5) is 33.9. The highest BCUT2D eigenvalue weighted by Crippen LogP contribution is 2.31. The number of aliphatic hydroxyl groups is 1. The van der Waals surface area contributed by atoms with Gasteiger partial charge in [0, 0.05) is 61.9 Å². The average Bonchev–Trinajstić information content (AvgIpc) is 3.50. The van der Waals surface area contributed by atoms with Gasteiger partial charge in [-0.3, -0.25) is 9.48 Å². The van der Waals surface area contributed by atoms with Gasteiger partial charge in [0.2, 0.25) is 0 Å². The van der Waals surface area contributed by atoms with Gasteiger partial charge in [-0.2, -0.15) is 5.10 Å². The Labute approximate surface area is 231 Å². The predicted octanol–water partition coefficient (Wildman–Crippen LogP) is 3.99. The van der Waals surface area contributed by atoms with Crippen molar-refractivity contribution in [1.29, 1.82) is 0 Å². The smallest absolute Gasteiger partial charge is 0.410 e. The standard InChI is InChI=1S/C28H34FN7O4/c1-17-13-35-14-19(12-22(29)25(35)30-17)31-26(38)20-6-7-23(21-15-36(18(2)16-37)32-24(20)21)33-8-10-34(11-9-33)27(39)40-28(3,4)5/h6-7,12-15,18,37H,8-11,16H2,1-5H3,(H,31,38). The van der Waals surface area contributed by atoms with E-state index in [-0.39, 0.29) is 30.1 Å². The molecule has 2 N–H and O–H groups in total. The summed E-state index contributed by atoms with van der Waals surface area (Å²) in [6.07, 6.45) is 4.78. The molecule has 1 aliphatic heterocycles. The second-order valence-corrected chi connectivity index (χ2v) is 11.1. The highest BCUT2D eigenvalue weighted by molar-refractivity contribution is 6.14. The molecule has 2 amide bonds. The number of fused-ring (bicyclic) bond motifs is 2. The predicted molar refractivity (Wildman–Crippen MR) is 149 cm³/mol. The van der Waals surface area contributed by atoms with Gasteiger partial charge >= 0.3 is 6.09 Å². The summed E-state index contributed by atoms with van der Waals surface area (Å²) < 4.78 is 23.3. The number of carbonyl (C=O) groups is 2. The Morgan fingerprint density at radius 1 is 1.15 bits per heavy atom. The lowest BCUT2D eigenvalue weighted by Gasteiger charge is -2.37. The molecule has 4 heterocycles. The van der Waals surface area contributed by atoms with Crippen LogP contribution in [0.2, 0.25) is 0 Å². The van der Waals surface area contributed by atoms with Gasteiger partial charge < -0.3 is 29.4 Å². The first kappa shape index (κ1) is 27.4. The summed E-state index contributed by atoms with van der Waals surface area (Å²) in [6.45, 7) is 11.1. The fraction of sp³-hybridized carbons (Fsp3) is 0.429. The highest BCUT2D eigenvalue weighted by atomic mass is 19.1. The molecule has 0 aliphatic carbocycles. The minimum atomic E-state index is -0.565. The SMILES string of the molecule is Cc1cn2cc(NC(=O)c3ccc(N4CCN(C(=O)OC(C)(C)C)CC4)c4cn(C(C)CO)nc34)cc(F)c2n1. The minimum absolute atomic E-state index is 0.122. The molecule has 4 aromatic rings. The van der Waals surface area contributed by atoms with Crippen LogP contribution in [0.25, 0.3) is 16.6 Å². The molecule has 1 saturated heterocycles. The molecule has 0 bridgehead atoms. The fourth-order valence-electron chi connectivity index (χ4n) is 4.78. The van der Waals surface area contributed by atoms with Crippen molar-refractivity contribution in [2.24, 2.45) is 0 Å². The lowest BCUT2D eigenvalue weighted by Crippen LogP contribution is -2.50. The Bertz CT molecular complexity index is 1580. The maximum Gasteiger partial charge on any atom is 0.410 e. The number of nitrogens with zero attached hydrogens (tertiary/aromatic N) is 6. The third-order valence-electron chi connectivity index (χ3n) is 6.79. The van der Waals surface area contributed by atoms with Crippen molar-refractivity contribution in [2.75, 3.05) is 43.0 Å². The molecular weight excluding hydrogens is 517 g/mol. The summed E-state index contributed by atoms with van der Waals surface area (Å²) in [5.74, 6) is -0.984. The number of anilines is 2. The van der Waals surface area contributed by atoms with E-state index in [4.69, 9.17) is 4.74 Å². The number of hydrogen-bond donors (Lipinski definition) is 2. The number of nitrogens with one attached hydrogen (secondary N) is 1. The third-order valence-corrected chi connectivity index (χ3v) is 6.79. The van der Waals surface area contributed by atoms with Crippen molar-refractivity contribution < 1.29 is 23.8 Å². The quantitative estimate of drug-likeness (QED) is 0.385. The van der Waals surface area contributed by atoms with Crippen molar-refractivity contribution in [2.45, 2.75) is 46.3 Å². The molecule has 1 atom stereocenters.